The number of hydrogen-bond donors (Lipinski definition) is 5. The lowest BCUT2D eigenvalue weighted by atomic mass is 9.60. The molecule has 0 amide bonds. The molecule has 2 aliphatic heterocycles. The predicted octanol–water partition coefficient (Wildman–Crippen LogP) is 1.24. The van der Waals surface area contributed by atoms with Crippen molar-refractivity contribution in [1.29, 1.82) is 0 Å². The fraction of sp³-hybridized carbons (Fsp3) is 0.857. The van der Waals surface area contributed by atoms with Crippen LogP contribution in [0.25, 0.3) is 0 Å². The normalized spacial score (nSPS) is 34.8. The van der Waals surface area contributed by atoms with E-state index in [0.29, 0.717) is 42.8 Å². The summed E-state index contributed by atoms with van der Waals surface area (Å²) < 4.78 is 11.7. The molecule has 7 atom stereocenters. The average molecular weight is 634 g/mol. The number of esters is 1. The molecule has 2 saturated heterocycles. The summed E-state index contributed by atoms with van der Waals surface area (Å²) in [5.74, 6) is -1.21. The number of fused-ring (bicyclic) bond motifs is 2. The molecule has 0 aromatic carbocycles. The summed E-state index contributed by atoms with van der Waals surface area (Å²) >= 11 is 0. The van der Waals surface area contributed by atoms with Crippen LogP contribution in [0.15, 0.2) is 11.1 Å². The smallest absolute Gasteiger partial charge is 0.350 e. The van der Waals surface area contributed by atoms with Crippen molar-refractivity contribution in [2.45, 2.75) is 133 Å². The summed E-state index contributed by atoms with van der Waals surface area (Å²) in [4.78, 5) is 41.9. The largest absolute Gasteiger partial charge is 0.460 e. The number of quaternary nitrogens is 2. The highest BCUT2D eigenvalue weighted by atomic mass is 16.7. The number of epoxide rings is 1. The Hall–Kier alpha value is -1.69. The first-order valence-corrected chi connectivity index (χ1v) is 18.0. The van der Waals surface area contributed by atoms with Gasteiger partial charge in [-0.25, -0.2) is 10.1 Å². The van der Waals surface area contributed by atoms with Crippen LogP contribution >= 0.6 is 0 Å². The maximum Gasteiger partial charge on any atom is 0.350 e. The Bertz CT molecular complexity index is 1090. The maximum atomic E-state index is 14.1. The van der Waals surface area contributed by atoms with E-state index in [2.05, 4.69) is 23.0 Å². The van der Waals surface area contributed by atoms with Crippen LogP contribution in [0.4, 0.5) is 0 Å². The van der Waals surface area contributed by atoms with Crippen molar-refractivity contribution in [1.82, 2.24) is 5.32 Å². The molecule has 5 fully saturated rings. The SMILES string of the molecule is C[NH2+]CNC1CC(CCC(C)=C(CO)C[C@@]23O[C@]2(C(=O)OC[C@H](O)CCC2CCCCC2)C(=O)C2CCCCC2C3=O)CC[NH2+]1. The molecule has 3 saturated carbocycles. The monoisotopic (exact) mass is 633 g/mol. The molecule has 45 heavy (non-hydrogen) atoms. The summed E-state index contributed by atoms with van der Waals surface area (Å²) in [6.07, 6.45) is 14.0. The molecule has 0 aromatic rings. The van der Waals surface area contributed by atoms with Gasteiger partial charge in [-0.3, -0.25) is 9.59 Å². The van der Waals surface area contributed by atoms with Crippen LogP contribution in [0.5, 0.6) is 0 Å². The lowest BCUT2D eigenvalue weighted by molar-refractivity contribution is -0.716. The second kappa shape index (κ2) is 15.5. The van der Waals surface area contributed by atoms with E-state index < -0.39 is 35.1 Å². The summed E-state index contributed by atoms with van der Waals surface area (Å²) in [7, 11) is 2.05. The third-order valence-electron chi connectivity index (χ3n) is 11.7. The molecule has 0 aromatic heterocycles. The van der Waals surface area contributed by atoms with E-state index in [1.165, 1.54) is 32.1 Å². The van der Waals surface area contributed by atoms with Gasteiger partial charge in [0, 0.05) is 24.7 Å². The van der Waals surface area contributed by atoms with Crippen molar-refractivity contribution in [2.24, 2.45) is 23.7 Å². The van der Waals surface area contributed by atoms with Crippen molar-refractivity contribution in [3.05, 3.63) is 11.1 Å². The van der Waals surface area contributed by atoms with E-state index in [-0.39, 0.29) is 31.2 Å². The molecule has 254 valence electrons. The van der Waals surface area contributed by atoms with Gasteiger partial charge in [-0.05, 0) is 69.3 Å². The number of aliphatic hydroxyl groups excluding tert-OH is 2. The van der Waals surface area contributed by atoms with Gasteiger partial charge in [0.25, 0.3) is 5.60 Å². The quantitative estimate of drug-likeness (QED) is 0.0593. The number of aliphatic hydroxyl groups is 2. The second-order valence-corrected chi connectivity index (χ2v) is 14.8. The minimum Gasteiger partial charge on any atom is -0.460 e. The highest BCUT2D eigenvalue weighted by Crippen LogP contribution is 2.62. The molecule has 0 bridgehead atoms. The van der Waals surface area contributed by atoms with Crippen LogP contribution in [0.2, 0.25) is 0 Å². The molecular weight excluding hydrogens is 574 g/mol. The van der Waals surface area contributed by atoms with E-state index >= 15 is 0 Å². The van der Waals surface area contributed by atoms with E-state index in [1.54, 1.807) is 0 Å². The molecule has 5 rings (SSSR count). The van der Waals surface area contributed by atoms with Gasteiger partial charge in [-0.15, -0.1) is 0 Å². The first-order valence-electron chi connectivity index (χ1n) is 18.0. The van der Waals surface area contributed by atoms with Gasteiger partial charge in [0.15, 0.2) is 17.2 Å². The number of piperidine rings is 1. The number of nitrogens with one attached hydrogen (secondary N) is 1. The molecule has 10 nitrogen and oxygen atoms in total. The lowest BCUT2D eigenvalue weighted by Gasteiger charge is -2.37. The molecule has 0 radical (unpaired) electrons. The minimum absolute atomic E-state index is 0.0252. The van der Waals surface area contributed by atoms with Gasteiger partial charge in [0.1, 0.15) is 19.4 Å². The van der Waals surface area contributed by atoms with E-state index in [1.807, 2.05) is 6.92 Å². The zero-order valence-electron chi connectivity index (χ0n) is 27.7. The molecule has 4 unspecified atom stereocenters. The van der Waals surface area contributed by atoms with Gasteiger partial charge in [-0.1, -0.05) is 50.5 Å². The number of ether oxygens (including phenoxy) is 2. The van der Waals surface area contributed by atoms with Crippen molar-refractivity contribution in [2.75, 3.05) is 33.5 Å². The van der Waals surface area contributed by atoms with Gasteiger partial charge < -0.3 is 30.3 Å². The molecule has 0 spiro atoms. The van der Waals surface area contributed by atoms with Crippen molar-refractivity contribution >= 4 is 17.5 Å². The Morgan fingerprint density at radius 1 is 1.04 bits per heavy atom. The topological polar surface area (TPSA) is 159 Å². The average Bonchev–Trinajstić information content (AvgIpc) is 3.77. The number of carbonyl (C=O) groups is 3. The van der Waals surface area contributed by atoms with E-state index in [0.717, 1.165) is 63.7 Å². The highest BCUT2D eigenvalue weighted by Gasteiger charge is 2.87. The van der Waals surface area contributed by atoms with Crippen molar-refractivity contribution in [3.8, 4) is 0 Å². The molecule has 3 aliphatic carbocycles. The second-order valence-electron chi connectivity index (χ2n) is 14.8. The molecule has 7 N–H and O–H groups in total. The summed E-state index contributed by atoms with van der Waals surface area (Å²) in [5.41, 5.74) is -1.93. The highest BCUT2D eigenvalue weighted by molar-refractivity contribution is 6.23. The van der Waals surface area contributed by atoms with Gasteiger partial charge in [0.05, 0.1) is 26.3 Å². The minimum atomic E-state index is -1.97. The third kappa shape index (κ3) is 7.41. The molecular formula is C35H59N3O7+2. The predicted molar refractivity (Wildman–Crippen MR) is 168 cm³/mol. The van der Waals surface area contributed by atoms with Crippen LogP contribution in [0.3, 0.4) is 0 Å². The Balaban J connectivity index is 1.26. The Morgan fingerprint density at radius 3 is 2.47 bits per heavy atom. The fourth-order valence-electron chi connectivity index (χ4n) is 8.89. The number of rotatable bonds is 15. The molecule has 5 aliphatic rings. The van der Waals surface area contributed by atoms with Crippen LogP contribution in [-0.2, 0) is 23.9 Å². The van der Waals surface area contributed by atoms with Crippen LogP contribution < -0.4 is 16.0 Å². The number of allylic oxidation sites excluding steroid dienone is 1. The number of carbonyl (C=O) groups excluding carboxylic acids is 3. The fourth-order valence-corrected chi connectivity index (χ4v) is 8.89. The van der Waals surface area contributed by atoms with E-state index in [4.69, 9.17) is 9.47 Å². The standard InChI is InChI=1S/C35H57N3O7/c1-23(12-13-25-16-17-37-30(18-25)38-22-36-2)26(20-39)19-34-31(41)28-10-6-7-11-29(28)32(42)35(34,45-34)33(43)44-21-27(40)15-14-24-8-4-3-5-9-24/h24-25,27-30,36-40H,3-22H2,1-2H3/p+2/t25?,27-,28?,29?,30?,34+,35+/m1/s1. The number of ketones is 2. The first-order chi connectivity index (χ1) is 21.8. The third-order valence-corrected chi connectivity index (χ3v) is 11.7. The lowest BCUT2D eigenvalue weighted by Crippen LogP contribution is -2.97. The summed E-state index contributed by atoms with van der Waals surface area (Å²) in [5, 5.41) is 29.2. The Morgan fingerprint density at radius 2 is 1.76 bits per heavy atom. The zero-order chi connectivity index (χ0) is 32.0. The maximum absolute atomic E-state index is 14.1. The van der Waals surface area contributed by atoms with Crippen LogP contribution in [0.1, 0.15) is 110 Å². The molecule has 10 heteroatoms. The first kappa shape index (κ1) is 34.6. The Labute approximate surface area is 268 Å². The number of nitrogens with two attached hydrogens (primary N) is 2. The van der Waals surface area contributed by atoms with Gasteiger partial charge in [-0.2, -0.15) is 0 Å². The number of hydrogen-bond acceptors (Lipinski definition) is 8. The van der Waals surface area contributed by atoms with E-state index in [9.17, 15) is 24.6 Å². The van der Waals surface area contributed by atoms with Crippen LogP contribution in [0, 0.1) is 23.7 Å². The Kier molecular flexibility index (Phi) is 11.9. The zero-order valence-corrected chi connectivity index (χ0v) is 27.7. The molecule has 2 heterocycles. The van der Waals surface area contributed by atoms with Gasteiger partial charge >= 0.3 is 5.97 Å². The van der Waals surface area contributed by atoms with Crippen molar-refractivity contribution in [3.63, 3.8) is 0 Å². The van der Waals surface area contributed by atoms with Crippen molar-refractivity contribution < 1.29 is 44.7 Å². The number of Topliss-reactive ketones (excluding diaryl/α,β-unsaturated/α-hetero) is 2. The summed E-state index contributed by atoms with van der Waals surface area (Å²) in [6, 6.07) is 0. The van der Waals surface area contributed by atoms with Crippen LogP contribution in [-0.4, -0.2) is 84.7 Å². The summed E-state index contributed by atoms with van der Waals surface area (Å²) in [6.45, 7) is 3.49. The van der Waals surface area contributed by atoms with Gasteiger partial charge in [0.2, 0.25) is 0 Å².